The summed E-state index contributed by atoms with van der Waals surface area (Å²) in [6.07, 6.45) is 0.151. The van der Waals surface area contributed by atoms with Crippen LogP contribution in [0.1, 0.15) is 29.3 Å². The van der Waals surface area contributed by atoms with Crippen molar-refractivity contribution in [3.63, 3.8) is 0 Å². The lowest BCUT2D eigenvalue weighted by Crippen LogP contribution is -2.08. The molecule has 0 spiro atoms. The summed E-state index contributed by atoms with van der Waals surface area (Å²) >= 11 is 0. The first-order valence-electron chi connectivity index (χ1n) is 4.99. The van der Waals surface area contributed by atoms with E-state index < -0.39 is 0 Å². The second-order valence-electron chi connectivity index (χ2n) is 3.79. The lowest BCUT2D eigenvalue weighted by molar-refractivity contribution is -0.114. The number of benzene rings is 1. The number of hydrogen-bond acceptors (Lipinski definition) is 2. The molecule has 1 aromatic rings. The minimum Gasteiger partial charge on any atom is -0.294 e. The first-order valence-corrected chi connectivity index (χ1v) is 4.99. The van der Waals surface area contributed by atoms with Crippen LogP contribution in [0.25, 0.3) is 0 Å². The number of Topliss-reactive ketones (excluding diaryl/α,β-unsaturated/α-hetero) is 1. The smallest absolute Gasteiger partial charge is 0.277 e. The average molecular weight is 213 g/mol. The summed E-state index contributed by atoms with van der Waals surface area (Å²) in [7, 11) is 0. The van der Waals surface area contributed by atoms with Crippen LogP contribution in [0.2, 0.25) is 0 Å². The Labute approximate surface area is 93.5 Å². The van der Waals surface area contributed by atoms with E-state index in [4.69, 9.17) is 0 Å². The van der Waals surface area contributed by atoms with E-state index in [2.05, 4.69) is 11.6 Å². The number of carbonyl (C=O) groups excluding carboxylic acids is 2. The van der Waals surface area contributed by atoms with Crippen LogP contribution in [0, 0.1) is 0 Å². The molecule has 3 nitrogen and oxygen atoms in total. The zero-order valence-electron chi connectivity index (χ0n) is 8.99. The molecule has 0 fully saturated rings. The van der Waals surface area contributed by atoms with Gasteiger partial charge in [0.05, 0.1) is 17.7 Å². The normalized spacial score (nSPS) is 13.3. The fourth-order valence-electron chi connectivity index (χ4n) is 1.60. The number of carbonyl (C=O) groups is 2. The molecule has 0 unspecified atom stereocenters. The molecular formula is C13H11NO2. The monoisotopic (exact) mass is 213 g/mol. The van der Waals surface area contributed by atoms with E-state index in [1.165, 1.54) is 0 Å². The van der Waals surface area contributed by atoms with Crippen LogP contribution in [0.15, 0.2) is 41.4 Å². The third-order valence-electron chi connectivity index (χ3n) is 2.51. The van der Waals surface area contributed by atoms with Crippen molar-refractivity contribution in [1.29, 1.82) is 0 Å². The Morgan fingerprint density at radius 3 is 2.56 bits per heavy atom. The largest absolute Gasteiger partial charge is 0.294 e. The maximum absolute atomic E-state index is 11.5. The van der Waals surface area contributed by atoms with Gasteiger partial charge in [-0.3, -0.25) is 9.59 Å². The van der Waals surface area contributed by atoms with E-state index in [9.17, 15) is 9.59 Å². The van der Waals surface area contributed by atoms with E-state index in [-0.39, 0.29) is 18.1 Å². The summed E-state index contributed by atoms with van der Waals surface area (Å²) < 4.78 is 0. The van der Waals surface area contributed by atoms with Crippen molar-refractivity contribution in [2.24, 2.45) is 4.99 Å². The second kappa shape index (κ2) is 3.85. The second-order valence-corrected chi connectivity index (χ2v) is 3.79. The maximum Gasteiger partial charge on any atom is 0.277 e. The molecule has 0 aliphatic carbocycles. The molecule has 0 aromatic heterocycles. The molecule has 0 radical (unpaired) electrons. The molecule has 1 aliphatic heterocycles. The zero-order chi connectivity index (χ0) is 11.7. The fraction of sp³-hybridized carbons (Fsp3) is 0.154. The summed E-state index contributed by atoms with van der Waals surface area (Å²) in [5.74, 6) is -0.344. The van der Waals surface area contributed by atoms with Crippen molar-refractivity contribution in [2.75, 3.05) is 0 Å². The fourth-order valence-corrected chi connectivity index (χ4v) is 1.60. The van der Waals surface area contributed by atoms with Gasteiger partial charge < -0.3 is 0 Å². The number of allylic oxidation sites excluding steroid dienone is 1. The van der Waals surface area contributed by atoms with Crippen LogP contribution in [0.5, 0.6) is 0 Å². The van der Waals surface area contributed by atoms with Crippen molar-refractivity contribution in [3.8, 4) is 0 Å². The summed E-state index contributed by atoms with van der Waals surface area (Å²) in [6, 6.07) is 7.15. The quantitative estimate of drug-likeness (QED) is 0.722. The molecule has 80 valence electrons. The SMILES string of the molecule is C=C(C)C(=O)CC1=NC(=O)c2ccccc21. The molecule has 16 heavy (non-hydrogen) atoms. The number of nitrogens with zero attached hydrogens (tertiary/aromatic N) is 1. The van der Waals surface area contributed by atoms with E-state index in [1.54, 1.807) is 19.1 Å². The minimum atomic E-state index is -0.264. The lowest BCUT2D eigenvalue weighted by atomic mass is 10.0. The first kappa shape index (κ1) is 10.5. The topological polar surface area (TPSA) is 46.5 Å². The third kappa shape index (κ3) is 1.72. The van der Waals surface area contributed by atoms with Gasteiger partial charge in [-0.2, -0.15) is 0 Å². The van der Waals surface area contributed by atoms with Crippen LogP contribution >= 0.6 is 0 Å². The third-order valence-corrected chi connectivity index (χ3v) is 2.51. The highest BCUT2D eigenvalue weighted by atomic mass is 16.1. The summed E-state index contributed by atoms with van der Waals surface area (Å²) in [4.78, 5) is 26.9. The van der Waals surface area contributed by atoms with Gasteiger partial charge in [0, 0.05) is 5.56 Å². The molecule has 0 saturated carbocycles. The molecule has 1 heterocycles. The van der Waals surface area contributed by atoms with Crippen molar-refractivity contribution in [1.82, 2.24) is 0 Å². The molecule has 0 atom stereocenters. The van der Waals surface area contributed by atoms with E-state index in [1.807, 2.05) is 12.1 Å². The van der Waals surface area contributed by atoms with Crippen molar-refractivity contribution in [2.45, 2.75) is 13.3 Å². The van der Waals surface area contributed by atoms with Crippen molar-refractivity contribution in [3.05, 3.63) is 47.5 Å². The number of amides is 1. The van der Waals surface area contributed by atoms with Gasteiger partial charge >= 0.3 is 0 Å². The summed E-state index contributed by atoms with van der Waals surface area (Å²) in [5.41, 5.74) is 2.38. The highest BCUT2D eigenvalue weighted by Crippen LogP contribution is 2.20. The van der Waals surface area contributed by atoms with Gasteiger partial charge in [0.15, 0.2) is 5.78 Å². The van der Waals surface area contributed by atoms with Crippen LogP contribution in [-0.2, 0) is 4.79 Å². The van der Waals surface area contributed by atoms with Crippen molar-refractivity contribution >= 4 is 17.4 Å². The van der Waals surface area contributed by atoms with Gasteiger partial charge in [0.2, 0.25) is 0 Å². The van der Waals surface area contributed by atoms with E-state index >= 15 is 0 Å². The number of rotatable bonds is 3. The van der Waals surface area contributed by atoms with Gasteiger partial charge in [-0.1, -0.05) is 24.8 Å². The predicted molar refractivity (Wildman–Crippen MR) is 61.7 cm³/mol. The zero-order valence-corrected chi connectivity index (χ0v) is 8.99. The van der Waals surface area contributed by atoms with Crippen LogP contribution in [0.4, 0.5) is 0 Å². The molecule has 3 heteroatoms. The Morgan fingerprint density at radius 1 is 1.31 bits per heavy atom. The Hall–Kier alpha value is -2.03. The number of aliphatic imine (C=N–C) groups is 1. The summed E-state index contributed by atoms with van der Waals surface area (Å²) in [5, 5.41) is 0. The van der Waals surface area contributed by atoms with Gasteiger partial charge in [-0.15, -0.1) is 0 Å². The Bertz CT molecular complexity index is 526. The molecule has 2 rings (SSSR count). The molecule has 0 bridgehead atoms. The standard InChI is InChI=1S/C13H11NO2/c1-8(2)12(15)7-11-9-5-3-4-6-10(9)13(16)14-11/h3-6H,1,7H2,2H3. The van der Waals surface area contributed by atoms with Gasteiger partial charge in [-0.05, 0) is 18.6 Å². The van der Waals surface area contributed by atoms with Crippen LogP contribution in [0.3, 0.4) is 0 Å². The molecule has 1 aliphatic rings. The highest BCUT2D eigenvalue weighted by molar-refractivity contribution is 6.26. The Balaban J connectivity index is 2.32. The maximum atomic E-state index is 11.5. The lowest BCUT2D eigenvalue weighted by Gasteiger charge is -2.01. The van der Waals surface area contributed by atoms with Gasteiger partial charge in [0.1, 0.15) is 0 Å². The number of hydrogen-bond donors (Lipinski definition) is 0. The molecule has 0 N–H and O–H groups in total. The van der Waals surface area contributed by atoms with Gasteiger partial charge in [-0.25, -0.2) is 4.99 Å². The van der Waals surface area contributed by atoms with Crippen LogP contribution < -0.4 is 0 Å². The molecule has 1 aromatic carbocycles. The predicted octanol–water partition coefficient (Wildman–Crippen LogP) is 2.16. The molecular weight excluding hydrogens is 202 g/mol. The Kier molecular flexibility index (Phi) is 2.52. The van der Waals surface area contributed by atoms with Crippen molar-refractivity contribution < 1.29 is 9.59 Å². The minimum absolute atomic E-state index is 0.0803. The average Bonchev–Trinajstić information content (AvgIpc) is 2.57. The van der Waals surface area contributed by atoms with Crippen LogP contribution in [-0.4, -0.2) is 17.4 Å². The molecule has 0 saturated heterocycles. The number of fused-ring (bicyclic) bond motifs is 1. The first-order chi connectivity index (χ1) is 7.59. The molecule has 1 amide bonds. The van der Waals surface area contributed by atoms with E-state index in [0.29, 0.717) is 16.8 Å². The highest BCUT2D eigenvalue weighted by Gasteiger charge is 2.23. The summed E-state index contributed by atoms with van der Waals surface area (Å²) in [6.45, 7) is 5.24. The number of ketones is 1. The van der Waals surface area contributed by atoms with E-state index in [0.717, 1.165) is 5.56 Å². The van der Waals surface area contributed by atoms with Gasteiger partial charge in [0.25, 0.3) is 5.91 Å². The Morgan fingerprint density at radius 2 is 1.94 bits per heavy atom.